The number of halogens is 2. The summed E-state index contributed by atoms with van der Waals surface area (Å²) < 4.78 is 11.0. The molecule has 0 aliphatic carbocycles. The highest BCUT2D eigenvalue weighted by atomic mass is 35.5. The van der Waals surface area contributed by atoms with E-state index in [4.69, 9.17) is 9.47 Å². The van der Waals surface area contributed by atoms with Gasteiger partial charge in [0.1, 0.15) is 11.5 Å². The van der Waals surface area contributed by atoms with Gasteiger partial charge in [-0.2, -0.15) is 0 Å². The molecule has 0 atom stereocenters. The average molecular weight is 386 g/mol. The van der Waals surface area contributed by atoms with Crippen LogP contribution in [0.5, 0.6) is 17.4 Å². The van der Waals surface area contributed by atoms with Crippen molar-refractivity contribution < 1.29 is 14.3 Å². The van der Waals surface area contributed by atoms with Crippen molar-refractivity contribution in [1.29, 1.82) is 0 Å². The predicted molar refractivity (Wildman–Crippen MR) is 100 cm³/mol. The van der Waals surface area contributed by atoms with E-state index in [1.54, 1.807) is 36.5 Å². The molecule has 8 heteroatoms. The summed E-state index contributed by atoms with van der Waals surface area (Å²) in [5, 5.41) is 6.03. The number of nitrogens with zero attached hydrogens (tertiary/aromatic N) is 1. The summed E-state index contributed by atoms with van der Waals surface area (Å²) in [5.74, 6) is 2.26. The molecule has 0 saturated carbocycles. The molecule has 1 saturated heterocycles. The zero-order chi connectivity index (χ0) is 15.9. The minimum atomic E-state index is -0.106. The van der Waals surface area contributed by atoms with Gasteiger partial charge in [-0.05, 0) is 30.3 Å². The molecular formula is C17H21Cl2N3O3. The first-order chi connectivity index (χ1) is 11.3. The van der Waals surface area contributed by atoms with Crippen molar-refractivity contribution >= 4 is 30.7 Å². The van der Waals surface area contributed by atoms with Crippen molar-refractivity contribution in [2.45, 2.75) is 0 Å². The lowest BCUT2D eigenvalue weighted by Crippen LogP contribution is -2.48. The minimum absolute atomic E-state index is 0. The maximum Gasteiger partial charge on any atom is 0.257 e. The molecule has 2 aromatic rings. The summed E-state index contributed by atoms with van der Waals surface area (Å²) >= 11 is 0. The van der Waals surface area contributed by atoms with Gasteiger partial charge in [-0.25, -0.2) is 4.98 Å². The highest BCUT2D eigenvalue weighted by Gasteiger charge is 2.17. The molecule has 2 heterocycles. The van der Waals surface area contributed by atoms with Crippen LogP contribution in [0.2, 0.25) is 0 Å². The van der Waals surface area contributed by atoms with Crippen LogP contribution in [0.15, 0.2) is 48.7 Å². The molecule has 1 aliphatic rings. The van der Waals surface area contributed by atoms with E-state index in [-0.39, 0.29) is 37.3 Å². The number of pyridine rings is 1. The first-order valence-electron chi connectivity index (χ1n) is 7.59. The molecular weight excluding hydrogens is 365 g/mol. The van der Waals surface area contributed by atoms with Gasteiger partial charge in [0.05, 0.1) is 0 Å². The lowest BCUT2D eigenvalue weighted by molar-refractivity contribution is -0.123. The van der Waals surface area contributed by atoms with Gasteiger partial charge in [0.15, 0.2) is 6.61 Å². The fraction of sp³-hybridized carbons (Fsp3) is 0.294. The fourth-order valence-electron chi connectivity index (χ4n) is 2.08. The Morgan fingerprint density at radius 2 is 1.84 bits per heavy atom. The van der Waals surface area contributed by atoms with Gasteiger partial charge in [-0.3, -0.25) is 4.79 Å². The first kappa shape index (κ1) is 21.0. The Morgan fingerprint density at radius 1 is 1.12 bits per heavy atom. The Hall–Kier alpha value is -2.02. The van der Waals surface area contributed by atoms with Crippen LogP contribution in [-0.4, -0.2) is 37.1 Å². The molecule has 1 aromatic heterocycles. The van der Waals surface area contributed by atoms with Crippen LogP contribution in [0.3, 0.4) is 0 Å². The minimum Gasteiger partial charge on any atom is -0.484 e. The Kier molecular flexibility index (Phi) is 9.05. The number of carbonyl (C=O) groups excluding carboxylic acids is 1. The van der Waals surface area contributed by atoms with Gasteiger partial charge < -0.3 is 20.1 Å². The topological polar surface area (TPSA) is 72.5 Å². The molecule has 0 radical (unpaired) electrons. The van der Waals surface area contributed by atoms with Crippen molar-refractivity contribution in [3.8, 4) is 17.4 Å². The highest BCUT2D eigenvalue weighted by Crippen LogP contribution is 2.22. The van der Waals surface area contributed by atoms with E-state index in [1.165, 1.54) is 0 Å². The number of hydrogen-bond donors (Lipinski definition) is 2. The number of nitrogens with one attached hydrogen (secondary N) is 2. The van der Waals surface area contributed by atoms with Crippen LogP contribution in [0.4, 0.5) is 0 Å². The molecule has 6 nitrogen and oxygen atoms in total. The highest BCUT2D eigenvalue weighted by molar-refractivity contribution is 5.85. The standard InChI is InChI=1S/C17H19N3O3.2ClH/c21-16(20-11-13-9-18-10-13)12-22-14-4-6-15(7-5-14)23-17-3-1-2-8-19-17;;/h1-8,13,18H,9-12H2,(H,20,21);2*1H. The summed E-state index contributed by atoms with van der Waals surface area (Å²) in [4.78, 5) is 15.8. The molecule has 1 amide bonds. The number of benzene rings is 1. The Balaban J connectivity index is 0.00000156. The third-order valence-corrected chi connectivity index (χ3v) is 3.51. The van der Waals surface area contributed by atoms with Crippen LogP contribution in [0, 0.1) is 5.92 Å². The number of carbonyl (C=O) groups is 1. The lowest BCUT2D eigenvalue weighted by atomic mass is 10.0. The normalized spacial score (nSPS) is 12.8. The van der Waals surface area contributed by atoms with Crippen LogP contribution in [0.1, 0.15) is 0 Å². The molecule has 0 unspecified atom stereocenters. The maximum absolute atomic E-state index is 11.7. The van der Waals surface area contributed by atoms with Crippen LogP contribution in [0.25, 0.3) is 0 Å². The van der Waals surface area contributed by atoms with E-state index in [0.29, 0.717) is 29.8 Å². The lowest BCUT2D eigenvalue weighted by Gasteiger charge is -2.27. The Bertz CT molecular complexity index is 637. The molecule has 3 rings (SSSR count). The third kappa shape index (κ3) is 6.78. The fourth-order valence-corrected chi connectivity index (χ4v) is 2.08. The molecule has 0 spiro atoms. The zero-order valence-corrected chi connectivity index (χ0v) is 15.1. The van der Waals surface area contributed by atoms with E-state index in [1.807, 2.05) is 12.1 Å². The SMILES string of the molecule is Cl.Cl.O=C(COc1ccc(Oc2ccccn2)cc1)NCC1CNC1. The van der Waals surface area contributed by atoms with Gasteiger partial charge in [-0.15, -0.1) is 24.8 Å². The van der Waals surface area contributed by atoms with Gasteiger partial charge in [0.2, 0.25) is 5.88 Å². The Labute approximate surface area is 159 Å². The third-order valence-electron chi connectivity index (χ3n) is 3.51. The quantitative estimate of drug-likeness (QED) is 0.765. The molecule has 2 N–H and O–H groups in total. The Morgan fingerprint density at radius 3 is 2.44 bits per heavy atom. The van der Waals surface area contributed by atoms with E-state index < -0.39 is 0 Å². The summed E-state index contributed by atoms with van der Waals surface area (Å²) in [6.45, 7) is 2.66. The molecule has 25 heavy (non-hydrogen) atoms. The molecule has 0 bridgehead atoms. The summed E-state index contributed by atoms with van der Waals surface area (Å²) in [6, 6.07) is 12.6. The second-order valence-electron chi connectivity index (χ2n) is 5.36. The number of hydrogen-bond acceptors (Lipinski definition) is 5. The van der Waals surface area contributed by atoms with Crippen molar-refractivity contribution in [3.05, 3.63) is 48.7 Å². The predicted octanol–water partition coefficient (Wildman–Crippen LogP) is 2.43. The molecule has 1 fully saturated rings. The van der Waals surface area contributed by atoms with Gasteiger partial charge in [0.25, 0.3) is 5.91 Å². The second-order valence-corrected chi connectivity index (χ2v) is 5.36. The van der Waals surface area contributed by atoms with Gasteiger partial charge in [-0.1, -0.05) is 6.07 Å². The van der Waals surface area contributed by atoms with Crippen LogP contribution >= 0.6 is 24.8 Å². The van der Waals surface area contributed by atoms with E-state index in [2.05, 4.69) is 15.6 Å². The zero-order valence-electron chi connectivity index (χ0n) is 13.5. The van der Waals surface area contributed by atoms with E-state index in [0.717, 1.165) is 13.1 Å². The number of ether oxygens (including phenoxy) is 2. The summed E-state index contributed by atoms with van der Waals surface area (Å²) in [5.41, 5.74) is 0. The molecule has 1 aromatic carbocycles. The number of aromatic nitrogens is 1. The van der Waals surface area contributed by atoms with Crippen LogP contribution in [-0.2, 0) is 4.79 Å². The van der Waals surface area contributed by atoms with E-state index in [9.17, 15) is 4.79 Å². The van der Waals surface area contributed by atoms with Crippen LogP contribution < -0.4 is 20.1 Å². The van der Waals surface area contributed by atoms with Gasteiger partial charge in [0, 0.05) is 37.8 Å². The smallest absolute Gasteiger partial charge is 0.257 e. The van der Waals surface area contributed by atoms with Crippen molar-refractivity contribution in [3.63, 3.8) is 0 Å². The van der Waals surface area contributed by atoms with E-state index >= 15 is 0 Å². The monoisotopic (exact) mass is 385 g/mol. The summed E-state index contributed by atoms with van der Waals surface area (Å²) in [7, 11) is 0. The maximum atomic E-state index is 11.7. The first-order valence-corrected chi connectivity index (χ1v) is 7.59. The largest absolute Gasteiger partial charge is 0.484 e. The second kappa shape index (κ2) is 10.8. The average Bonchev–Trinajstić information content (AvgIpc) is 2.54. The molecule has 136 valence electrons. The number of amides is 1. The van der Waals surface area contributed by atoms with Crippen molar-refractivity contribution in [2.24, 2.45) is 5.92 Å². The number of rotatable bonds is 7. The van der Waals surface area contributed by atoms with Crippen molar-refractivity contribution in [1.82, 2.24) is 15.6 Å². The van der Waals surface area contributed by atoms with Crippen molar-refractivity contribution in [2.75, 3.05) is 26.2 Å². The van der Waals surface area contributed by atoms with Gasteiger partial charge >= 0.3 is 0 Å². The summed E-state index contributed by atoms with van der Waals surface area (Å²) in [6.07, 6.45) is 1.67. The molecule has 1 aliphatic heterocycles.